The summed E-state index contributed by atoms with van der Waals surface area (Å²) in [6.07, 6.45) is -4.07. The van der Waals surface area contributed by atoms with E-state index in [1.54, 1.807) is 6.07 Å². The van der Waals surface area contributed by atoms with Crippen LogP contribution in [0.2, 0.25) is 0 Å². The van der Waals surface area contributed by atoms with Crippen molar-refractivity contribution in [1.82, 2.24) is 14.9 Å². The molecule has 0 aliphatic carbocycles. The van der Waals surface area contributed by atoms with Crippen molar-refractivity contribution in [3.05, 3.63) is 60.2 Å². The summed E-state index contributed by atoms with van der Waals surface area (Å²) in [6.45, 7) is 1.33. The molecule has 0 spiro atoms. The Labute approximate surface area is 187 Å². The van der Waals surface area contributed by atoms with E-state index in [1.165, 1.54) is 36.4 Å². The van der Waals surface area contributed by atoms with Crippen molar-refractivity contribution in [1.29, 1.82) is 0 Å². The molecule has 2 aromatic carbocycles. The van der Waals surface area contributed by atoms with Gasteiger partial charge in [-0.2, -0.15) is 4.98 Å². The van der Waals surface area contributed by atoms with Gasteiger partial charge in [-0.15, -0.1) is 13.2 Å². The predicted octanol–water partition coefficient (Wildman–Crippen LogP) is 5.43. The number of alkyl halides is 3. The first-order valence-corrected chi connectivity index (χ1v) is 9.95. The molecule has 0 aliphatic heterocycles. The van der Waals surface area contributed by atoms with Crippen molar-refractivity contribution in [2.24, 2.45) is 0 Å². The third-order valence-corrected chi connectivity index (χ3v) is 4.37. The molecular formula is C22H22F5N5O. The van der Waals surface area contributed by atoms with Crippen molar-refractivity contribution in [3.8, 4) is 17.0 Å². The summed E-state index contributed by atoms with van der Waals surface area (Å²) in [5.74, 6) is -2.23. The zero-order valence-corrected chi connectivity index (χ0v) is 17.9. The molecule has 3 aromatic rings. The number of benzene rings is 2. The van der Waals surface area contributed by atoms with E-state index >= 15 is 0 Å². The van der Waals surface area contributed by atoms with Crippen LogP contribution in [0.5, 0.6) is 5.75 Å². The van der Waals surface area contributed by atoms with E-state index in [0.29, 0.717) is 12.1 Å². The Morgan fingerprint density at radius 3 is 2.48 bits per heavy atom. The van der Waals surface area contributed by atoms with Gasteiger partial charge in [0.25, 0.3) is 0 Å². The number of hydrogen-bond acceptors (Lipinski definition) is 6. The van der Waals surface area contributed by atoms with Crippen LogP contribution in [0, 0.1) is 11.6 Å². The van der Waals surface area contributed by atoms with Gasteiger partial charge < -0.3 is 20.3 Å². The van der Waals surface area contributed by atoms with Crippen LogP contribution in [-0.4, -0.2) is 48.4 Å². The Kier molecular flexibility index (Phi) is 7.64. The lowest BCUT2D eigenvalue weighted by Gasteiger charge is -2.14. The highest BCUT2D eigenvalue weighted by molar-refractivity contribution is 5.68. The van der Waals surface area contributed by atoms with Gasteiger partial charge in [-0.1, -0.05) is 18.2 Å². The zero-order chi connectivity index (χ0) is 24.0. The van der Waals surface area contributed by atoms with Gasteiger partial charge in [-0.3, -0.25) is 0 Å². The van der Waals surface area contributed by atoms with Gasteiger partial charge in [-0.25, -0.2) is 13.8 Å². The van der Waals surface area contributed by atoms with Crippen molar-refractivity contribution in [2.75, 3.05) is 37.8 Å². The molecule has 1 heterocycles. The van der Waals surface area contributed by atoms with Crippen LogP contribution in [0.25, 0.3) is 11.3 Å². The van der Waals surface area contributed by atoms with E-state index in [1.807, 2.05) is 19.0 Å². The summed E-state index contributed by atoms with van der Waals surface area (Å²) in [6, 6.07) is 10.4. The molecule has 1 aromatic heterocycles. The lowest BCUT2D eigenvalue weighted by atomic mass is 10.1. The van der Waals surface area contributed by atoms with E-state index in [4.69, 9.17) is 0 Å². The van der Waals surface area contributed by atoms with E-state index in [0.717, 1.165) is 19.0 Å². The Morgan fingerprint density at radius 2 is 1.76 bits per heavy atom. The monoisotopic (exact) mass is 467 g/mol. The third kappa shape index (κ3) is 7.28. The highest BCUT2D eigenvalue weighted by Gasteiger charge is 2.31. The maximum atomic E-state index is 14.1. The molecule has 0 unspecified atom stereocenters. The number of hydrogen-bond donors (Lipinski definition) is 2. The van der Waals surface area contributed by atoms with Gasteiger partial charge in [0, 0.05) is 18.2 Å². The molecule has 0 atom stereocenters. The number of ether oxygens (including phenoxy) is 1. The molecule has 2 N–H and O–H groups in total. The van der Waals surface area contributed by atoms with Crippen LogP contribution in [0.1, 0.15) is 6.42 Å². The van der Waals surface area contributed by atoms with Crippen LogP contribution in [0.3, 0.4) is 0 Å². The highest BCUT2D eigenvalue weighted by atomic mass is 19.4. The van der Waals surface area contributed by atoms with E-state index in [2.05, 4.69) is 25.3 Å². The minimum atomic E-state index is -4.84. The highest BCUT2D eigenvalue weighted by Crippen LogP contribution is 2.30. The van der Waals surface area contributed by atoms with Gasteiger partial charge in [-0.05, 0) is 51.3 Å². The number of nitrogens with zero attached hydrogens (tertiary/aromatic N) is 3. The fourth-order valence-electron chi connectivity index (χ4n) is 2.92. The minimum Gasteiger partial charge on any atom is -0.406 e. The summed E-state index contributed by atoms with van der Waals surface area (Å²) >= 11 is 0. The molecule has 0 radical (unpaired) electrons. The lowest BCUT2D eigenvalue weighted by Crippen LogP contribution is -2.17. The third-order valence-electron chi connectivity index (χ3n) is 4.37. The molecule has 0 fully saturated rings. The second-order valence-electron chi connectivity index (χ2n) is 7.35. The number of anilines is 3. The summed E-state index contributed by atoms with van der Waals surface area (Å²) in [5, 5.41) is 5.75. The maximum Gasteiger partial charge on any atom is 0.573 e. The fraction of sp³-hybridized carbons (Fsp3) is 0.273. The van der Waals surface area contributed by atoms with E-state index in [9.17, 15) is 22.0 Å². The summed E-state index contributed by atoms with van der Waals surface area (Å²) < 4.78 is 69.5. The molecular weight excluding hydrogens is 445 g/mol. The number of rotatable bonds is 9. The van der Waals surface area contributed by atoms with Crippen molar-refractivity contribution >= 4 is 17.5 Å². The van der Waals surface area contributed by atoms with Gasteiger partial charge in [0.05, 0.1) is 11.4 Å². The largest absolute Gasteiger partial charge is 0.573 e. The smallest absolute Gasteiger partial charge is 0.406 e. The van der Waals surface area contributed by atoms with Crippen LogP contribution >= 0.6 is 0 Å². The number of halogens is 5. The molecule has 176 valence electrons. The van der Waals surface area contributed by atoms with Crippen molar-refractivity contribution in [3.63, 3.8) is 0 Å². The number of aromatic nitrogens is 2. The molecule has 0 amide bonds. The summed E-state index contributed by atoms with van der Waals surface area (Å²) in [7, 11) is 3.87. The van der Waals surface area contributed by atoms with Crippen LogP contribution in [0.15, 0.2) is 48.5 Å². The van der Waals surface area contributed by atoms with Crippen LogP contribution < -0.4 is 15.4 Å². The molecule has 3 rings (SSSR count). The molecule has 33 heavy (non-hydrogen) atoms. The molecule has 11 heteroatoms. The average Bonchev–Trinajstić information content (AvgIpc) is 2.73. The Hall–Kier alpha value is -3.47. The number of nitrogens with one attached hydrogen (secondary N) is 2. The minimum absolute atomic E-state index is 0.127. The van der Waals surface area contributed by atoms with Crippen LogP contribution in [0.4, 0.5) is 39.4 Å². The van der Waals surface area contributed by atoms with Gasteiger partial charge >= 0.3 is 6.36 Å². The predicted molar refractivity (Wildman–Crippen MR) is 115 cm³/mol. The van der Waals surface area contributed by atoms with Crippen molar-refractivity contribution in [2.45, 2.75) is 12.8 Å². The Bertz CT molecular complexity index is 1090. The Balaban J connectivity index is 1.93. The quantitative estimate of drug-likeness (QED) is 0.323. The Morgan fingerprint density at radius 1 is 1.00 bits per heavy atom. The SMILES string of the molecule is CN(C)CCCNc1nc(Nc2cccc(F)c2F)cc(-c2cccc(OC(F)(F)F)c2)n1. The summed E-state index contributed by atoms with van der Waals surface area (Å²) in [4.78, 5) is 10.6. The first kappa shape index (κ1) is 24.2. The van der Waals surface area contributed by atoms with Gasteiger partial charge in [0.1, 0.15) is 11.6 Å². The van der Waals surface area contributed by atoms with E-state index < -0.39 is 23.7 Å². The second kappa shape index (κ2) is 10.4. The normalized spacial score (nSPS) is 11.5. The molecule has 0 aliphatic rings. The van der Waals surface area contributed by atoms with Crippen LogP contribution in [-0.2, 0) is 0 Å². The summed E-state index contributed by atoms with van der Waals surface area (Å²) in [5.41, 5.74) is 0.428. The van der Waals surface area contributed by atoms with Gasteiger partial charge in [0.15, 0.2) is 11.6 Å². The lowest BCUT2D eigenvalue weighted by molar-refractivity contribution is -0.274. The molecule has 0 saturated heterocycles. The molecule has 6 nitrogen and oxygen atoms in total. The zero-order valence-electron chi connectivity index (χ0n) is 17.9. The standard InChI is InChI=1S/C22H22F5N5O/c1-32(2)11-5-10-28-21-30-18(14-6-3-7-15(12-14)33-22(25,26)27)13-19(31-21)29-17-9-4-8-16(23)20(17)24/h3-4,6-9,12-13H,5,10-11H2,1-2H3,(H2,28,29,30,31). The first-order valence-electron chi connectivity index (χ1n) is 9.95. The average molecular weight is 467 g/mol. The van der Waals surface area contributed by atoms with Crippen molar-refractivity contribution < 1.29 is 26.7 Å². The van der Waals surface area contributed by atoms with Gasteiger partial charge in [0.2, 0.25) is 5.95 Å². The maximum absolute atomic E-state index is 14.1. The van der Waals surface area contributed by atoms with E-state index in [-0.39, 0.29) is 23.1 Å². The fourth-order valence-corrected chi connectivity index (χ4v) is 2.92. The topological polar surface area (TPSA) is 62.3 Å². The molecule has 0 bridgehead atoms. The first-order chi connectivity index (χ1) is 15.6. The molecule has 0 saturated carbocycles. The second-order valence-corrected chi connectivity index (χ2v) is 7.35.